The standard InChI is InChI=1S/C19H18O2/c1-13(20)15-8-5-6-10-17(15)19-16-9-4-3-7-14(16)11-12-18(19)21-2/h3-13,20H,1-2H3/t13-/m0/s1. The monoisotopic (exact) mass is 278 g/mol. The maximum atomic E-state index is 10.1. The first kappa shape index (κ1) is 13.7. The van der Waals surface area contributed by atoms with Crippen LogP contribution in [0, 0.1) is 0 Å². The molecule has 0 saturated carbocycles. The van der Waals surface area contributed by atoms with E-state index in [-0.39, 0.29) is 0 Å². The van der Waals surface area contributed by atoms with Crippen LogP contribution in [0.5, 0.6) is 5.75 Å². The molecule has 2 heteroatoms. The topological polar surface area (TPSA) is 29.5 Å². The number of aliphatic hydroxyl groups is 1. The van der Waals surface area contributed by atoms with Crippen molar-refractivity contribution in [3.63, 3.8) is 0 Å². The molecule has 0 unspecified atom stereocenters. The molecule has 1 atom stereocenters. The summed E-state index contributed by atoms with van der Waals surface area (Å²) in [4.78, 5) is 0. The summed E-state index contributed by atoms with van der Waals surface area (Å²) in [5.74, 6) is 0.821. The lowest BCUT2D eigenvalue weighted by molar-refractivity contribution is 0.200. The van der Waals surface area contributed by atoms with Crippen molar-refractivity contribution in [2.24, 2.45) is 0 Å². The Morgan fingerprint density at radius 3 is 2.38 bits per heavy atom. The van der Waals surface area contributed by atoms with Gasteiger partial charge < -0.3 is 9.84 Å². The molecule has 1 N–H and O–H groups in total. The second kappa shape index (κ2) is 5.58. The van der Waals surface area contributed by atoms with Gasteiger partial charge in [-0.3, -0.25) is 0 Å². The number of benzene rings is 3. The first-order valence-electron chi connectivity index (χ1n) is 7.05. The lowest BCUT2D eigenvalue weighted by atomic mass is 9.92. The Morgan fingerprint density at radius 2 is 1.62 bits per heavy atom. The highest BCUT2D eigenvalue weighted by molar-refractivity contribution is 6.00. The number of hydrogen-bond donors (Lipinski definition) is 1. The number of rotatable bonds is 3. The number of fused-ring (bicyclic) bond motifs is 1. The van der Waals surface area contributed by atoms with Crippen LogP contribution < -0.4 is 4.74 Å². The number of aliphatic hydroxyl groups excluding tert-OH is 1. The number of methoxy groups -OCH3 is 1. The average molecular weight is 278 g/mol. The van der Waals surface area contributed by atoms with Gasteiger partial charge in [0.25, 0.3) is 0 Å². The molecule has 3 aromatic carbocycles. The highest BCUT2D eigenvalue weighted by Crippen LogP contribution is 2.40. The first-order valence-corrected chi connectivity index (χ1v) is 7.05. The molecule has 0 aliphatic heterocycles. The Balaban J connectivity index is 2.39. The van der Waals surface area contributed by atoms with Gasteiger partial charge in [-0.05, 0) is 34.9 Å². The molecule has 3 rings (SSSR count). The zero-order valence-corrected chi connectivity index (χ0v) is 12.2. The van der Waals surface area contributed by atoms with Crippen LogP contribution in [-0.2, 0) is 0 Å². The highest BCUT2D eigenvalue weighted by atomic mass is 16.5. The number of hydrogen-bond acceptors (Lipinski definition) is 2. The predicted octanol–water partition coefficient (Wildman–Crippen LogP) is 4.57. The Labute approximate surface area is 124 Å². The summed E-state index contributed by atoms with van der Waals surface area (Å²) in [6.45, 7) is 1.79. The maximum Gasteiger partial charge on any atom is 0.127 e. The summed E-state index contributed by atoms with van der Waals surface area (Å²) >= 11 is 0. The van der Waals surface area contributed by atoms with Gasteiger partial charge in [0, 0.05) is 5.56 Å². The van der Waals surface area contributed by atoms with E-state index in [2.05, 4.69) is 18.2 Å². The van der Waals surface area contributed by atoms with E-state index in [0.29, 0.717) is 0 Å². The molecular weight excluding hydrogens is 260 g/mol. The molecule has 0 spiro atoms. The van der Waals surface area contributed by atoms with Crippen LogP contribution in [0.2, 0.25) is 0 Å². The van der Waals surface area contributed by atoms with Gasteiger partial charge in [0.1, 0.15) is 5.75 Å². The van der Waals surface area contributed by atoms with Gasteiger partial charge in [-0.15, -0.1) is 0 Å². The molecule has 0 amide bonds. The Morgan fingerprint density at radius 1 is 0.905 bits per heavy atom. The summed E-state index contributed by atoms with van der Waals surface area (Å²) in [6.07, 6.45) is -0.523. The van der Waals surface area contributed by atoms with Gasteiger partial charge >= 0.3 is 0 Å². The van der Waals surface area contributed by atoms with E-state index >= 15 is 0 Å². The predicted molar refractivity (Wildman–Crippen MR) is 86.6 cm³/mol. The van der Waals surface area contributed by atoms with Gasteiger partial charge in [-0.2, -0.15) is 0 Å². The van der Waals surface area contributed by atoms with Crippen molar-refractivity contribution < 1.29 is 9.84 Å². The molecule has 0 heterocycles. The molecular formula is C19H18O2. The fraction of sp³-hybridized carbons (Fsp3) is 0.158. The van der Waals surface area contributed by atoms with E-state index in [0.717, 1.165) is 33.2 Å². The lowest BCUT2D eigenvalue weighted by Crippen LogP contribution is -1.97. The van der Waals surface area contributed by atoms with Crippen molar-refractivity contribution in [1.82, 2.24) is 0 Å². The minimum Gasteiger partial charge on any atom is -0.496 e. The van der Waals surface area contributed by atoms with Gasteiger partial charge in [-0.25, -0.2) is 0 Å². The summed E-state index contributed by atoms with van der Waals surface area (Å²) < 4.78 is 5.56. The van der Waals surface area contributed by atoms with Crippen molar-refractivity contribution >= 4 is 10.8 Å². The Kier molecular flexibility index (Phi) is 3.63. The highest BCUT2D eigenvalue weighted by Gasteiger charge is 2.15. The molecule has 0 aromatic heterocycles. The van der Waals surface area contributed by atoms with E-state index < -0.39 is 6.10 Å². The van der Waals surface area contributed by atoms with Gasteiger partial charge in [0.2, 0.25) is 0 Å². The molecule has 106 valence electrons. The second-order valence-corrected chi connectivity index (χ2v) is 5.13. The normalized spacial score (nSPS) is 12.3. The SMILES string of the molecule is COc1ccc2ccccc2c1-c1ccccc1[C@H](C)O. The van der Waals surface area contributed by atoms with Crippen molar-refractivity contribution in [3.05, 3.63) is 66.2 Å². The van der Waals surface area contributed by atoms with E-state index in [4.69, 9.17) is 4.74 Å². The van der Waals surface area contributed by atoms with Gasteiger partial charge in [-0.1, -0.05) is 54.6 Å². The molecule has 21 heavy (non-hydrogen) atoms. The molecule has 0 aliphatic carbocycles. The fourth-order valence-electron chi connectivity index (χ4n) is 2.79. The van der Waals surface area contributed by atoms with Crippen LogP contribution >= 0.6 is 0 Å². The zero-order valence-electron chi connectivity index (χ0n) is 12.2. The van der Waals surface area contributed by atoms with E-state index in [1.165, 1.54) is 0 Å². The third kappa shape index (κ3) is 2.39. The Hall–Kier alpha value is -2.32. The maximum absolute atomic E-state index is 10.1. The first-order chi connectivity index (χ1) is 10.2. The fourth-order valence-corrected chi connectivity index (χ4v) is 2.79. The third-order valence-electron chi connectivity index (χ3n) is 3.79. The largest absolute Gasteiger partial charge is 0.496 e. The van der Waals surface area contributed by atoms with Crippen molar-refractivity contribution in [3.8, 4) is 16.9 Å². The molecule has 0 saturated heterocycles. The molecule has 3 aromatic rings. The molecule has 0 bridgehead atoms. The van der Waals surface area contributed by atoms with E-state index in [1.54, 1.807) is 14.0 Å². The van der Waals surface area contributed by atoms with Gasteiger partial charge in [0.15, 0.2) is 0 Å². The van der Waals surface area contributed by atoms with Crippen LogP contribution in [-0.4, -0.2) is 12.2 Å². The van der Waals surface area contributed by atoms with Crippen LogP contribution in [0.4, 0.5) is 0 Å². The van der Waals surface area contributed by atoms with Gasteiger partial charge in [0.05, 0.1) is 13.2 Å². The molecule has 0 aliphatic rings. The smallest absolute Gasteiger partial charge is 0.127 e. The quantitative estimate of drug-likeness (QED) is 0.760. The summed E-state index contributed by atoms with van der Waals surface area (Å²) in [5, 5.41) is 12.4. The molecule has 0 radical (unpaired) electrons. The Bertz CT molecular complexity index is 775. The van der Waals surface area contributed by atoms with Crippen molar-refractivity contribution in [2.75, 3.05) is 7.11 Å². The van der Waals surface area contributed by atoms with Crippen LogP contribution in [0.25, 0.3) is 21.9 Å². The summed E-state index contributed by atoms with van der Waals surface area (Å²) in [6, 6.07) is 20.2. The van der Waals surface area contributed by atoms with Crippen LogP contribution in [0.3, 0.4) is 0 Å². The summed E-state index contributed by atoms with van der Waals surface area (Å²) in [7, 11) is 1.68. The van der Waals surface area contributed by atoms with Crippen molar-refractivity contribution in [2.45, 2.75) is 13.0 Å². The molecule has 0 fully saturated rings. The zero-order chi connectivity index (χ0) is 14.8. The van der Waals surface area contributed by atoms with Crippen LogP contribution in [0.1, 0.15) is 18.6 Å². The number of ether oxygens (including phenoxy) is 1. The minimum atomic E-state index is -0.523. The minimum absolute atomic E-state index is 0.523. The summed E-state index contributed by atoms with van der Waals surface area (Å²) in [5.41, 5.74) is 2.96. The third-order valence-corrected chi connectivity index (χ3v) is 3.79. The van der Waals surface area contributed by atoms with E-state index in [9.17, 15) is 5.11 Å². The van der Waals surface area contributed by atoms with E-state index in [1.807, 2.05) is 42.5 Å². The second-order valence-electron chi connectivity index (χ2n) is 5.13. The molecule has 2 nitrogen and oxygen atoms in total. The average Bonchev–Trinajstić information content (AvgIpc) is 2.53. The lowest BCUT2D eigenvalue weighted by Gasteiger charge is -2.17. The van der Waals surface area contributed by atoms with Crippen molar-refractivity contribution in [1.29, 1.82) is 0 Å². The van der Waals surface area contributed by atoms with Crippen LogP contribution in [0.15, 0.2) is 60.7 Å².